The van der Waals surface area contributed by atoms with Gasteiger partial charge in [0.25, 0.3) is 0 Å². The lowest BCUT2D eigenvalue weighted by molar-refractivity contribution is -0.289. The second-order valence-corrected chi connectivity index (χ2v) is 6.56. The summed E-state index contributed by atoms with van der Waals surface area (Å²) in [6.07, 6.45) is -11.2. The highest BCUT2D eigenvalue weighted by Crippen LogP contribution is 2.44. The van der Waals surface area contributed by atoms with E-state index in [2.05, 4.69) is 15.9 Å². The molecule has 0 heterocycles. The van der Waals surface area contributed by atoms with Crippen LogP contribution in [0.5, 0.6) is 0 Å². The van der Waals surface area contributed by atoms with Gasteiger partial charge in [0.2, 0.25) is 0 Å². The molecule has 2 aromatic carbocycles. The molecule has 30 heavy (non-hydrogen) atoms. The van der Waals surface area contributed by atoms with Crippen molar-refractivity contribution in [2.45, 2.75) is 24.2 Å². The monoisotopic (exact) mass is 514 g/mol. The Morgan fingerprint density at radius 2 is 0.867 bits per heavy atom. The molecule has 2 nitrogen and oxygen atoms in total. The lowest BCUT2D eigenvalue weighted by atomic mass is 9.80. The molecule has 0 bridgehead atoms. The Bertz CT molecular complexity index is 818. The number of alkyl halides is 10. The molecule has 0 aliphatic rings. The summed E-state index contributed by atoms with van der Waals surface area (Å²) in [6.45, 7) is 0. The Hall–Kier alpha value is -1.80. The second-order valence-electron chi connectivity index (χ2n) is 5.65. The standard InChI is InChI=1S/C8H6BF5O2.C8H4BrF5/c10-7(11,8(12,13)14)5-1-3-6(4-2-5)9(15)16;9-6-3-1-5(2-4-6)7(10,11)8(12,13)14/h1-4,15-16H;1-4H. The van der Waals surface area contributed by atoms with E-state index in [0.717, 1.165) is 36.4 Å². The van der Waals surface area contributed by atoms with Crippen molar-refractivity contribution in [3.8, 4) is 0 Å². The Morgan fingerprint density at radius 1 is 0.567 bits per heavy atom. The zero-order chi connectivity index (χ0) is 23.5. The van der Waals surface area contributed by atoms with Crippen LogP contribution < -0.4 is 5.46 Å². The third-order valence-electron chi connectivity index (χ3n) is 3.49. The van der Waals surface area contributed by atoms with E-state index in [1.54, 1.807) is 0 Å². The summed E-state index contributed by atoms with van der Waals surface area (Å²) in [5.74, 6) is -9.75. The van der Waals surface area contributed by atoms with Crippen molar-refractivity contribution in [2.24, 2.45) is 0 Å². The molecule has 0 aliphatic carbocycles. The summed E-state index contributed by atoms with van der Waals surface area (Å²) in [5.41, 5.74) is -2.47. The molecule has 14 heteroatoms. The van der Waals surface area contributed by atoms with Gasteiger partial charge >= 0.3 is 31.3 Å². The first-order valence-electron chi connectivity index (χ1n) is 7.53. The zero-order valence-corrected chi connectivity index (χ0v) is 15.8. The van der Waals surface area contributed by atoms with Crippen LogP contribution in [0.3, 0.4) is 0 Å². The molecule has 2 N–H and O–H groups in total. The average molecular weight is 515 g/mol. The highest BCUT2D eigenvalue weighted by atomic mass is 79.9. The fourth-order valence-corrected chi connectivity index (χ4v) is 2.12. The topological polar surface area (TPSA) is 40.5 Å². The van der Waals surface area contributed by atoms with E-state index in [-0.39, 0.29) is 5.46 Å². The lowest BCUT2D eigenvalue weighted by Crippen LogP contribution is -2.35. The third-order valence-corrected chi connectivity index (χ3v) is 4.02. The van der Waals surface area contributed by atoms with Crippen molar-refractivity contribution in [2.75, 3.05) is 0 Å². The van der Waals surface area contributed by atoms with E-state index in [0.29, 0.717) is 16.6 Å². The molecule has 0 spiro atoms. The van der Waals surface area contributed by atoms with Gasteiger partial charge in [-0.2, -0.15) is 43.9 Å². The molecular weight excluding hydrogens is 505 g/mol. The molecule has 0 fully saturated rings. The van der Waals surface area contributed by atoms with Crippen LogP contribution in [0.25, 0.3) is 0 Å². The van der Waals surface area contributed by atoms with E-state index in [9.17, 15) is 43.9 Å². The SMILES string of the molecule is FC(F)(F)C(F)(F)c1ccc(Br)cc1.OB(O)c1ccc(C(F)(F)C(F)(F)F)cc1. The fourth-order valence-electron chi connectivity index (χ4n) is 1.85. The molecule has 0 aliphatic heterocycles. The first kappa shape index (κ1) is 26.2. The van der Waals surface area contributed by atoms with Crippen LogP contribution in [0.1, 0.15) is 11.1 Å². The van der Waals surface area contributed by atoms with Crippen LogP contribution in [0.15, 0.2) is 53.0 Å². The molecule has 166 valence electrons. The number of halogens is 11. The van der Waals surface area contributed by atoms with Gasteiger partial charge in [-0.3, -0.25) is 0 Å². The number of hydrogen-bond donors (Lipinski definition) is 2. The van der Waals surface area contributed by atoms with Gasteiger partial charge in [0, 0.05) is 15.6 Å². The van der Waals surface area contributed by atoms with E-state index >= 15 is 0 Å². The van der Waals surface area contributed by atoms with Crippen LogP contribution in [-0.2, 0) is 11.8 Å². The van der Waals surface area contributed by atoms with E-state index in [4.69, 9.17) is 10.0 Å². The molecule has 0 amide bonds. The molecule has 0 atom stereocenters. The van der Waals surface area contributed by atoms with Crippen molar-refractivity contribution >= 4 is 28.5 Å². The van der Waals surface area contributed by atoms with Crippen molar-refractivity contribution in [3.05, 3.63) is 64.1 Å². The van der Waals surface area contributed by atoms with Crippen LogP contribution in [0.4, 0.5) is 43.9 Å². The Morgan fingerprint density at radius 3 is 1.13 bits per heavy atom. The fraction of sp³-hybridized carbons (Fsp3) is 0.250. The smallest absolute Gasteiger partial charge is 0.423 e. The Kier molecular flexibility index (Phi) is 8.00. The van der Waals surface area contributed by atoms with E-state index < -0.39 is 42.4 Å². The van der Waals surface area contributed by atoms with Crippen molar-refractivity contribution in [3.63, 3.8) is 0 Å². The highest BCUT2D eigenvalue weighted by Gasteiger charge is 2.59. The van der Waals surface area contributed by atoms with Gasteiger partial charge in [0.15, 0.2) is 0 Å². The minimum Gasteiger partial charge on any atom is -0.423 e. The quantitative estimate of drug-likeness (QED) is 0.441. The Labute approximate surface area is 171 Å². The van der Waals surface area contributed by atoms with Crippen LogP contribution in [-0.4, -0.2) is 29.5 Å². The first-order valence-corrected chi connectivity index (χ1v) is 8.32. The predicted octanol–water partition coefficient (Wildman–Crippen LogP) is 5.12. The van der Waals surface area contributed by atoms with Crippen molar-refractivity contribution in [1.82, 2.24) is 0 Å². The van der Waals surface area contributed by atoms with E-state index in [1.807, 2.05) is 0 Å². The first-order chi connectivity index (χ1) is 13.4. The minimum atomic E-state index is -5.67. The second kappa shape index (κ2) is 9.14. The lowest BCUT2D eigenvalue weighted by Gasteiger charge is -2.19. The molecule has 0 radical (unpaired) electrons. The predicted molar refractivity (Wildman–Crippen MR) is 90.3 cm³/mol. The van der Waals surface area contributed by atoms with Gasteiger partial charge in [0.1, 0.15) is 0 Å². The highest BCUT2D eigenvalue weighted by molar-refractivity contribution is 9.10. The van der Waals surface area contributed by atoms with Gasteiger partial charge in [-0.15, -0.1) is 0 Å². The largest absolute Gasteiger partial charge is 0.488 e. The van der Waals surface area contributed by atoms with E-state index in [1.165, 1.54) is 0 Å². The summed E-state index contributed by atoms with van der Waals surface area (Å²) < 4.78 is 123. The van der Waals surface area contributed by atoms with Gasteiger partial charge < -0.3 is 10.0 Å². The van der Waals surface area contributed by atoms with Crippen LogP contribution in [0.2, 0.25) is 0 Å². The van der Waals surface area contributed by atoms with Gasteiger partial charge in [-0.25, -0.2) is 0 Å². The van der Waals surface area contributed by atoms with Gasteiger partial charge in [0.05, 0.1) is 0 Å². The summed E-state index contributed by atoms with van der Waals surface area (Å²) in [6, 6.07) is 6.32. The maximum absolute atomic E-state index is 12.7. The van der Waals surface area contributed by atoms with Crippen LogP contribution >= 0.6 is 15.9 Å². The summed E-state index contributed by atoms with van der Waals surface area (Å²) >= 11 is 2.94. The molecule has 0 saturated carbocycles. The third kappa shape index (κ3) is 6.11. The molecule has 0 saturated heterocycles. The van der Waals surface area contributed by atoms with Crippen LogP contribution in [0, 0.1) is 0 Å². The molecule has 0 unspecified atom stereocenters. The maximum atomic E-state index is 12.7. The van der Waals surface area contributed by atoms with Crippen molar-refractivity contribution in [1.29, 1.82) is 0 Å². The minimum absolute atomic E-state index is 0.165. The molecule has 2 aromatic rings. The molecule has 2 rings (SSSR count). The summed E-state index contributed by atoms with van der Waals surface area (Å²) in [4.78, 5) is 0. The van der Waals surface area contributed by atoms with Crippen molar-refractivity contribution < 1.29 is 54.0 Å². The average Bonchev–Trinajstić information content (AvgIpc) is 2.61. The summed E-state index contributed by atoms with van der Waals surface area (Å²) in [5, 5.41) is 17.2. The Balaban J connectivity index is 0.000000303. The normalized spacial score (nSPS) is 12.8. The number of rotatable bonds is 3. The zero-order valence-electron chi connectivity index (χ0n) is 14.2. The number of benzene rings is 2. The van der Waals surface area contributed by atoms with Gasteiger partial charge in [-0.1, -0.05) is 52.3 Å². The summed E-state index contributed by atoms with van der Waals surface area (Å²) in [7, 11) is -1.91. The molecule has 0 aromatic heterocycles. The maximum Gasteiger partial charge on any atom is 0.488 e. The number of hydrogen-bond acceptors (Lipinski definition) is 2. The molecular formula is C16H10BBrF10O2. The van der Waals surface area contributed by atoms with Gasteiger partial charge in [-0.05, 0) is 17.6 Å².